The molecule has 0 atom stereocenters. The number of piperidine rings is 2. The largest absolute Gasteiger partial charge is 0.344 e. The number of para-hydroxylation sites is 2. The summed E-state index contributed by atoms with van der Waals surface area (Å²) in [5.41, 5.74) is 1.27. The molecule has 2 aromatic heterocycles. The molecule has 4 aromatic rings. The zero-order valence-electron chi connectivity index (χ0n) is 25.2. The van der Waals surface area contributed by atoms with Gasteiger partial charge < -0.3 is 50.0 Å². The van der Waals surface area contributed by atoms with Crippen LogP contribution in [0.25, 0.3) is 11.0 Å². The Morgan fingerprint density at radius 2 is 1.38 bits per heavy atom. The predicted octanol–water partition coefficient (Wildman–Crippen LogP) is 6.79. The number of halogens is 2. The first-order chi connectivity index (χ1) is 19.5. The molecular formula is C28H51Cl2N13O2. The Bertz CT molecular complexity index is 1590. The van der Waals surface area contributed by atoms with Gasteiger partial charge in [-0.15, -0.1) is 12.4 Å². The van der Waals surface area contributed by atoms with Crippen LogP contribution in [0.15, 0.2) is 47.3 Å². The van der Waals surface area contributed by atoms with Crippen LogP contribution in [-0.2, 0) is 0 Å². The van der Waals surface area contributed by atoms with Crippen LogP contribution in [0.4, 0.5) is 29.2 Å². The molecule has 2 aromatic carbocycles. The molecule has 45 heavy (non-hydrogen) atoms. The van der Waals surface area contributed by atoms with Crippen molar-refractivity contribution in [3.8, 4) is 0 Å². The highest BCUT2D eigenvalue weighted by atomic mass is 35.5. The van der Waals surface area contributed by atoms with Crippen molar-refractivity contribution >= 4 is 70.2 Å². The van der Waals surface area contributed by atoms with Gasteiger partial charge in [-0.1, -0.05) is 23.7 Å². The molecule has 6 rings (SSSR count). The van der Waals surface area contributed by atoms with E-state index in [4.69, 9.17) is 26.6 Å². The van der Waals surface area contributed by atoms with E-state index in [1.807, 2.05) is 0 Å². The van der Waals surface area contributed by atoms with Gasteiger partial charge in [-0.3, -0.25) is 9.59 Å². The van der Waals surface area contributed by atoms with Crippen molar-refractivity contribution in [2.45, 2.75) is 38.5 Å². The van der Waals surface area contributed by atoms with Crippen molar-refractivity contribution in [2.24, 2.45) is 0 Å². The molecule has 2 fully saturated rings. The van der Waals surface area contributed by atoms with E-state index in [0.717, 1.165) is 51.9 Å². The van der Waals surface area contributed by atoms with Crippen LogP contribution in [0.1, 0.15) is 54.7 Å². The highest BCUT2D eigenvalue weighted by Crippen LogP contribution is 2.29. The Labute approximate surface area is 278 Å². The van der Waals surface area contributed by atoms with Crippen molar-refractivity contribution in [1.29, 1.82) is 0 Å². The number of nitrogens with zero attached hydrogens (tertiary/aromatic N) is 6. The molecule has 2 saturated heterocycles. The van der Waals surface area contributed by atoms with Gasteiger partial charge in [0.05, 0.1) is 21.7 Å². The Kier molecular flexibility index (Phi) is 15.0. The third-order valence-electron chi connectivity index (χ3n) is 7.18. The standard InChI is InChI=1S/C28H30ClN9O2.ClH.4H3N.4H2/c29-19-17-18(11-12-20(19)32-24(39)23-25(40)33-22-10-4-3-9-21(22)31-23)30-26-34-27(37-13-5-1-6-14-37)36-28(35-26)38-15-7-2-8-16-38;;;;;;;;;/h3-4,9-12,17H,1-2,5-8,13-16H2,(H,32,39)(H,33,40)(H,30,34,35,36);1H;4*1H3;4*1H. The van der Waals surface area contributed by atoms with Crippen LogP contribution in [-0.4, -0.2) is 57.0 Å². The zero-order chi connectivity index (χ0) is 27.5. The second-order valence-corrected chi connectivity index (χ2v) is 10.5. The minimum atomic E-state index is -0.649. The summed E-state index contributed by atoms with van der Waals surface area (Å²) >= 11 is 6.54. The number of hydrogen-bond donors (Lipinski definition) is 7. The molecule has 0 radical (unpaired) electrons. The molecule has 2 aliphatic rings. The summed E-state index contributed by atoms with van der Waals surface area (Å²) in [6.07, 6.45) is 6.93. The maximum Gasteiger partial charge on any atom is 0.280 e. The van der Waals surface area contributed by atoms with Gasteiger partial charge in [0.2, 0.25) is 17.8 Å². The van der Waals surface area contributed by atoms with E-state index in [0.29, 0.717) is 40.3 Å². The Balaban J connectivity index is -0.00000112. The molecule has 0 spiro atoms. The van der Waals surface area contributed by atoms with Crippen LogP contribution in [0.2, 0.25) is 5.02 Å². The third-order valence-corrected chi connectivity index (χ3v) is 7.49. The summed E-state index contributed by atoms with van der Waals surface area (Å²) in [5.74, 6) is 1.15. The summed E-state index contributed by atoms with van der Waals surface area (Å²) in [4.78, 5) is 51.0. The Hall–Kier alpha value is -4.12. The molecule has 0 aliphatic carbocycles. The van der Waals surface area contributed by atoms with E-state index in [-0.39, 0.29) is 53.4 Å². The average molecular weight is 673 g/mol. The summed E-state index contributed by atoms with van der Waals surface area (Å²) in [7, 11) is 0. The first kappa shape index (κ1) is 38.9. The fourth-order valence-electron chi connectivity index (χ4n) is 5.07. The highest BCUT2D eigenvalue weighted by molar-refractivity contribution is 6.34. The molecule has 0 bridgehead atoms. The fraction of sp³-hybridized carbons (Fsp3) is 0.357. The lowest BCUT2D eigenvalue weighted by molar-refractivity contribution is 0.102. The number of carbonyl (C=O) groups is 1. The number of anilines is 5. The van der Waals surface area contributed by atoms with E-state index >= 15 is 0 Å². The molecule has 254 valence electrons. The number of benzene rings is 2. The lowest BCUT2D eigenvalue weighted by atomic mass is 10.1. The minimum absolute atomic E-state index is 0. The molecule has 17 heteroatoms. The van der Waals surface area contributed by atoms with Crippen LogP contribution < -0.4 is 50.6 Å². The third kappa shape index (κ3) is 8.97. The lowest BCUT2D eigenvalue weighted by Gasteiger charge is -2.30. The minimum Gasteiger partial charge on any atom is -0.344 e. The normalized spacial score (nSPS) is 14.0. The molecule has 15 N–H and O–H groups in total. The van der Waals surface area contributed by atoms with Gasteiger partial charge in [0.25, 0.3) is 11.5 Å². The van der Waals surface area contributed by atoms with Crippen molar-refractivity contribution in [2.75, 3.05) is 46.6 Å². The summed E-state index contributed by atoms with van der Waals surface area (Å²) < 4.78 is 0. The Morgan fingerprint density at radius 3 is 1.96 bits per heavy atom. The summed E-state index contributed by atoms with van der Waals surface area (Å²) in [6, 6.07) is 12.1. The number of H-pyrrole nitrogens is 1. The molecule has 0 unspecified atom stereocenters. The van der Waals surface area contributed by atoms with E-state index in [1.165, 1.54) is 12.8 Å². The van der Waals surface area contributed by atoms with Crippen molar-refractivity contribution in [3.05, 3.63) is 63.5 Å². The molecule has 15 nitrogen and oxygen atoms in total. The van der Waals surface area contributed by atoms with Gasteiger partial charge >= 0.3 is 0 Å². The molecular weight excluding hydrogens is 621 g/mol. The molecule has 0 saturated carbocycles. The van der Waals surface area contributed by atoms with E-state index in [9.17, 15) is 9.59 Å². The summed E-state index contributed by atoms with van der Waals surface area (Å²) in [6.45, 7) is 3.71. The number of aromatic nitrogens is 5. The maximum absolute atomic E-state index is 12.9. The van der Waals surface area contributed by atoms with Gasteiger partial charge in [0.1, 0.15) is 0 Å². The lowest BCUT2D eigenvalue weighted by Crippen LogP contribution is -2.34. The summed E-state index contributed by atoms with van der Waals surface area (Å²) in [5, 5.41) is 6.25. The number of aromatic amines is 1. The first-order valence-electron chi connectivity index (χ1n) is 13.7. The zero-order valence-corrected chi connectivity index (χ0v) is 26.8. The van der Waals surface area contributed by atoms with E-state index in [1.54, 1.807) is 42.5 Å². The number of carbonyl (C=O) groups excluding carboxylic acids is 1. The van der Waals surface area contributed by atoms with Gasteiger partial charge in [-0.2, -0.15) is 15.0 Å². The number of hydrogen-bond acceptors (Lipinski definition) is 13. The first-order valence-corrected chi connectivity index (χ1v) is 14.0. The van der Waals surface area contributed by atoms with Crippen LogP contribution >= 0.6 is 24.0 Å². The van der Waals surface area contributed by atoms with Gasteiger partial charge in [-0.25, -0.2) is 4.98 Å². The van der Waals surface area contributed by atoms with Crippen molar-refractivity contribution in [3.63, 3.8) is 0 Å². The van der Waals surface area contributed by atoms with Crippen molar-refractivity contribution < 1.29 is 10.5 Å². The molecule has 2 aliphatic heterocycles. The van der Waals surface area contributed by atoms with Crippen LogP contribution in [0.3, 0.4) is 0 Å². The number of fused-ring (bicyclic) bond motifs is 1. The SMILES string of the molecule is Cl.N.N.N.N.O=C(Nc1ccc(Nc2nc(N3CCCCC3)nc(N3CCCCC3)n2)cc1Cl)c1nc2ccccc2[nH]c1=O.[HH].[HH].[HH].[HH]. The number of rotatable bonds is 6. The number of nitrogens with one attached hydrogen (secondary N) is 3. The van der Waals surface area contributed by atoms with Crippen molar-refractivity contribution in [1.82, 2.24) is 49.5 Å². The molecule has 1 amide bonds. The highest BCUT2D eigenvalue weighted by Gasteiger charge is 2.21. The maximum atomic E-state index is 12.9. The average Bonchev–Trinajstić information content (AvgIpc) is 2.99. The second kappa shape index (κ2) is 17.4. The van der Waals surface area contributed by atoms with Gasteiger partial charge in [0.15, 0.2) is 5.69 Å². The molecule has 4 heterocycles. The monoisotopic (exact) mass is 671 g/mol. The number of amides is 1. The van der Waals surface area contributed by atoms with E-state index < -0.39 is 11.5 Å². The quantitative estimate of drug-likeness (QED) is 0.111. The van der Waals surface area contributed by atoms with Gasteiger partial charge in [-0.05, 0) is 68.9 Å². The van der Waals surface area contributed by atoms with Gasteiger partial charge in [0, 0.05) is 37.6 Å². The predicted molar refractivity (Wildman–Crippen MR) is 193 cm³/mol. The topological polar surface area (TPSA) is 272 Å². The fourth-order valence-corrected chi connectivity index (χ4v) is 5.30. The smallest absolute Gasteiger partial charge is 0.280 e. The second-order valence-electron chi connectivity index (χ2n) is 10.1. The van der Waals surface area contributed by atoms with Crippen LogP contribution in [0.5, 0.6) is 0 Å². The van der Waals surface area contributed by atoms with E-state index in [2.05, 4.69) is 30.4 Å². The van der Waals surface area contributed by atoms with Crippen LogP contribution in [0, 0.1) is 0 Å². The Morgan fingerprint density at radius 1 is 0.800 bits per heavy atom.